The van der Waals surface area contributed by atoms with Crippen molar-refractivity contribution in [1.82, 2.24) is 25.3 Å². The summed E-state index contributed by atoms with van der Waals surface area (Å²) in [4.78, 5) is 8.48. The van der Waals surface area contributed by atoms with Crippen LogP contribution in [0, 0.1) is 5.82 Å². The fraction of sp³-hybridized carbons (Fsp3) is 0.462. The van der Waals surface area contributed by atoms with Crippen molar-refractivity contribution in [2.24, 2.45) is 0 Å². The van der Waals surface area contributed by atoms with Crippen molar-refractivity contribution in [1.29, 1.82) is 0 Å². The van der Waals surface area contributed by atoms with Crippen molar-refractivity contribution in [3.05, 3.63) is 36.0 Å². The molecule has 1 fully saturated rings. The zero-order valence-corrected chi connectivity index (χ0v) is 11.2. The van der Waals surface area contributed by atoms with Crippen molar-refractivity contribution in [2.75, 3.05) is 37.6 Å². The number of hydrogen-bond donors (Lipinski definition) is 1. The molecule has 1 N–H and O–H groups in total. The van der Waals surface area contributed by atoms with Crippen LogP contribution in [-0.2, 0) is 6.42 Å². The highest BCUT2D eigenvalue weighted by Crippen LogP contribution is 2.17. The van der Waals surface area contributed by atoms with Crippen LogP contribution >= 0.6 is 0 Å². The lowest BCUT2D eigenvalue weighted by atomic mass is 10.2. The highest BCUT2D eigenvalue weighted by molar-refractivity contribution is 5.40. The SMILES string of the molecule is Fc1cccnc1N1CCN(CCc2cn[nH]n2)CC1. The Balaban J connectivity index is 1.51. The maximum Gasteiger partial charge on any atom is 0.165 e. The molecular weight excluding hydrogens is 259 g/mol. The van der Waals surface area contributed by atoms with Crippen LogP contribution in [0.1, 0.15) is 5.69 Å². The quantitative estimate of drug-likeness (QED) is 0.891. The first-order valence-electron chi connectivity index (χ1n) is 6.75. The van der Waals surface area contributed by atoms with E-state index < -0.39 is 0 Å². The minimum atomic E-state index is -0.247. The molecule has 1 aliphatic rings. The number of pyridine rings is 1. The number of nitrogens with zero attached hydrogens (tertiary/aromatic N) is 5. The van der Waals surface area contributed by atoms with Gasteiger partial charge in [-0.25, -0.2) is 9.37 Å². The van der Waals surface area contributed by atoms with E-state index in [4.69, 9.17) is 0 Å². The van der Waals surface area contributed by atoms with Gasteiger partial charge < -0.3 is 4.90 Å². The summed E-state index contributed by atoms with van der Waals surface area (Å²) >= 11 is 0. The first-order chi connectivity index (χ1) is 9.83. The number of halogens is 1. The predicted octanol–water partition coefficient (Wildman–Crippen LogP) is 0.703. The average Bonchev–Trinajstić information content (AvgIpc) is 3.00. The van der Waals surface area contributed by atoms with E-state index in [0.717, 1.165) is 44.8 Å². The molecule has 2 aromatic rings. The third kappa shape index (κ3) is 2.93. The third-order valence-corrected chi connectivity index (χ3v) is 3.56. The zero-order chi connectivity index (χ0) is 13.8. The highest BCUT2D eigenvalue weighted by Gasteiger charge is 2.20. The van der Waals surface area contributed by atoms with Crippen molar-refractivity contribution in [3.8, 4) is 0 Å². The van der Waals surface area contributed by atoms with Crippen LogP contribution < -0.4 is 4.90 Å². The van der Waals surface area contributed by atoms with Crippen molar-refractivity contribution < 1.29 is 4.39 Å². The summed E-state index contributed by atoms with van der Waals surface area (Å²) in [5, 5.41) is 10.5. The van der Waals surface area contributed by atoms with E-state index in [-0.39, 0.29) is 5.82 Å². The number of hydrogen-bond acceptors (Lipinski definition) is 5. The van der Waals surface area contributed by atoms with Gasteiger partial charge in [-0.1, -0.05) is 0 Å². The van der Waals surface area contributed by atoms with Gasteiger partial charge in [0.2, 0.25) is 0 Å². The third-order valence-electron chi connectivity index (χ3n) is 3.56. The number of anilines is 1. The van der Waals surface area contributed by atoms with Crippen molar-refractivity contribution in [2.45, 2.75) is 6.42 Å². The first kappa shape index (κ1) is 13.0. The molecule has 0 aliphatic carbocycles. The minimum absolute atomic E-state index is 0.247. The van der Waals surface area contributed by atoms with Crippen LogP contribution in [0.3, 0.4) is 0 Å². The van der Waals surface area contributed by atoms with E-state index in [1.165, 1.54) is 6.07 Å². The topological polar surface area (TPSA) is 60.9 Å². The molecule has 0 spiro atoms. The van der Waals surface area contributed by atoms with Gasteiger partial charge in [0.15, 0.2) is 11.6 Å². The molecule has 1 aliphatic heterocycles. The van der Waals surface area contributed by atoms with Crippen LogP contribution in [0.25, 0.3) is 0 Å². The molecule has 3 rings (SSSR count). The second-order valence-electron chi connectivity index (χ2n) is 4.85. The van der Waals surface area contributed by atoms with Crippen molar-refractivity contribution >= 4 is 5.82 Å². The molecule has 2 aromatic heterocycles. The van der Waals surface area contributed by atoms with Crippen LogP contribution in [0.2, 0.25) is 0 Å². The maximum absolute atomic E-state index is 13.7. The summed E-state index contributed by atoms with van der Waals surface area (Å²) in [6.07, 6.45) is 4.27. The lowest BCUT2D eigenvalue weighted by Gasteiger charge is -2.35. The van der Waals surface area contributed by atoms with Crippen molar-refractivity contribution in [3.63, 3.8) is 0 Å². The van der Waals surface area contributed by atoms with Crippen LogP contribution in [-0.4, -0.2) is 58.0 Å². The van der Waals surface area contributed by atoms with Gasteiger partial charge in [0.25, 0.3) is 0 Å². The summed E-state index contributed by atoms with van der Waals surface area (Å²) < 4.78 is 13.7. The van der Waals surface area contributed by atoms with E-state index >= 15 is 0 Å². The summed E-state index contributed by atoms with van der Waals surface area (Å²) in [7, 11) is 0. The molecule has 1 saturated heterocycles. The fourth-order valence-corrected chi connectivity index (χ4v) is 2.41. The second-order valence-corrected chi connectivity index (χ2v) is 4.85. The lowest BCUT2D eigenvalue weighted by molar-refractivity contribution is 0.259. The fourth-order valence-electron chi connectivity index (χ4n) is 2.41. The number of H-pyrrole nitrogens is 1. The van der Waals surface area contributed by atoms with Gasteiger partial charge in [0.05, 0.1) is 11.9 Å². The Bertz CT molecular complexity index is 536. The highest BCUT2D eigenvalue weighted by atomic mass is 19.1. The Morgan fingerprint density at radius 2 is 2.10 bits per heavy atom. The number of nitrogens with one attached hydrogen (secondary N) is 1. The standard InChI is InChI=1S/C13H17FN6/c14-12-2-1-4-15-13(12)20-8-6-19(7-9-20)5-3-11-10-16-18-17-11/h1-2,4,10H,3,5-9H2,(H,16,17,18). The largest absolute Gasteiger partial charge is 0.352 e. The monoisotopic (exact) mass is 276 g/mol. The number of rotatable bonds is 4. The van der Waals surface area contributed by atoms with Gasteiger partial charge in [-0.05, 0) is 12.1 Å². The zero-order valence-electron chi connectivity index (χ0n) is 11.2. The van der Waals surface area contributed by atoms with Crippen LogP contribution in [0.5, 0.6) is 0 Å². The van der Waals surface area contributed by atoms with Gasteiger partial charge in [-0.2, -0.15) is 15.4 Å². The Hall–Kier alpha value is -2.02. The lowest BCUT2D eigenvalue weighted by Crippen LogP contribution is -2.47. The van der Waals surface area contributed by atoms with Gasteiger partial charge in [0, 0.05) is 45.3 Å². The predicted molar refractivity (Wildman–Crippen MR) is 72.9 cm³/mol. The molecule has 0 unspecified atom stereocenters. The maximum atomic E-state index is 13.7. The molecular formula is C13H17FN6. The summed E-state index contributed by atoms with van der Waals surface area (Å²) in [5.41, 5.74) is 0.975. The van der Waals surface area contributed by atoms with Gasteiger partial charge >= 0.3 is 0 Å². The van der Waals surface area contributed by atoms with E-state index in [0.29, 0.717) is 5.82 Å². The Morgan fingerprint density at radius 1 is 1.25 bits per heavy atom. The number of aromatic nitrogens is 4. The molecule has 0 atom stereocenters. The molecule has 106 valence electrons. The molecule has 6 nitrogen and oxygen atoms in total. The Kier molecular flexibility index (Phi) is 3.87. The molecule has 0 amide bonds. The smallest absolute Gasteiger partial charge is 0.165 e. The van der Waals surface area contributed by atoms with E-state index in [2.05, 4.69) is 25.3 Å². The van der Waals surface area contributed by atoms with Gasteiger partial charge in [-0.3, -0.25) is 4.90 Å². The van der Waals surface area contributed by atoms with Gasteiger partial charge in [0.1, 0.15) is 0 Å². The average molecular weight is 276 g/mol. The summed E-state index contributed by atoms with van der Waals surface area (Å²) in [5.74, 6) is 0.215. The molecule has 20 heavy (non-hydrogen) atoms. The summed E-state index contributed by atoms with van der Waals surface area (Å²) in [6, 6.07) is 3.08. The molecule has 3 heterocycles. The summed E-state index contributed by atoms with van der Waals surface area (Å²) in [6.45, 7) is 4.37. The molecule has 0 radical (unpaired) electrons. The van der Waals surface area contributed by atoms with Gasteiger partial charge in [-0.15, -0.1) is 0 Å². The van der Waals surface area contributed by atoms with E-state index in [9.17, 15) is 4.39 Å². The Labute approximate surface area is 116 Å². The minimum Gasteiger partial charge on any atom is -0.352 e. The second kappa shape index (κ2) is 5.96. The molecule has 0 saturated carbocycles. The first-order valence-corrected chi connectivity index (χ1v) is 6.75. The van der Waals surface area contributed by atoms with E-state index in [1.807, 2.05) is 4.90 Å². The Morgan fingerprint density at radius 3 is 2.80 bits per heavy atom. The number of aromatic amines is 1. The van der Waals surface area contributed by atoms with E-state index in [1.54, 1.807) is 18.5 Å². The van der Waals surface area contributed by atoms with Crippen LogP contribution in [0.15, 0.2) is 24.5 Å². The van der Waals surface area contributed by atoms with Crippen LogP contribution in [0.4, 0.5) is 10.2 Å². The number of piperazine rings is 1. The normalized spacial score (nSPS) is 16.6. The molecule has 0 bridgehead atoms. The molecule has 0 aromatic carbocycles. The molecule has 7 heteroatoms.